The van der Waals surface area contributed by atoms with Gasteiger partial charge in [0.15, 0.2) is 11.5 Å². The molecule has 1 unspecified atom stereocenters. The standard InChI is InChI=1S/C26H28N2O3/c1-20(23-10-5-6-15-27-23)28(19-22-8-3-2-4-9-22)26(29)14-12-21-11-13-24-25(18-21)31-17-7-16-30-24/h2-6,8-11,13,15,18,20H,7,12,14,16-17,19H2,1H3. The number of hydrogen-bond donors (Lipinski definition) is 0. The van der Waals surface area contributed by atoms with Crippen LogP contribution >= 0.6 is 0 Å². The van der Waals surface area contributed by atoms with E-state index in [2.05, 4.69) is 17.1 Å². The molecule has 0 saturated heterocycles. The lowest BCUT2D eigenvalue weighted by Crippen LogP contribution is -2.33. The lowest BCUT2D eigenvalue weighted by atomic mass is 10.1. The van der Waals surface area contributed by atoms with Crippen molar-refractivity contribution in [2.75, 3.05) is 13.2 Å². The van der Waals surface area contributed by atoms with Crippen LogP contribution in [0.1, 0.15) is 42.6 Å². The second-order valence-electron chi connectivity index (χ2n) is 7.77. The molecule has 1 aliphatic rings. The van der Waals surface area contributed by atoms with Crippen molar-refractivity contribution in [3.05, 3.63) is 89.7 Å². The van der Waals surface area contributed by atoms with Gasteiger partial charge in [0.1, 0.15) is 0 Å². The van der Waals surface area contributed by atoms with Crippen LogP contribution in [0.3, 0.4) is 0 Å². The molecule has 160 valence electrons. The van der Waals surface area contributed by atoms with Crippen molar-refractivity contribution in [3.63, 3.8) is 0 Å². The number of carbonyl (C=O) groups excluding carboxylic acids is 1. The predicted molar refractivity (Wildman–Crippen MR) is 120 cm³/mol. The number of fused-ring (bicyclic) bond motifs is 1. The van der Waals surface area contributed by atoms with Gasteiger partial charge in [-0.15, -0.1) is 0 Å². The zero-order chi connectivity index (χ0) is 21.5. The summed E-state index contributed by atoms with van der Waals surface area (Å²) in [6.07, 6.45) is 3.72. The lowest BCUT2D eigenvalue weighted by Gasteiger charge is -2.29. The van der Waals surface area contributed by atoms with E-state index in [1.165, 1.54) is 0 Å². The first-order valence-corrected chi connectivity index (χ1v) is 10.8. The molecule has 3 aromatic rings. The van der Waals surface area contributed by atoms with Crippen molar-refractivity contribution in [2.45, 2.75) is 38.8 Å². The van der Waals surface area contributed by atoms with Crippen molar-refractivity contribution in [1.82, 2.24) is 9.88 Å². The Morgan fingerprint density at radius 1 is 0.968 bits per heavy atom. The summed E-state index contributed by atoms with van der Waals surface area (Å²) in [4.78, 5) is 19.7. The Labute approximate surface area is 183 Å². The molecule has 0 saturated carbocycles. The quantitative estimate of drug-likeness (QED) is 0.546. The van der Waals surface area contributed by atoms with Gasteiger partial charge in [-0.25, -0.2) is 0 Å². The molecule has 0 N–H and O–H groups in total. The van der Waals surface area contributed by atoms with E-state index in [1.54, 1.807) is 6.20 Å². The van der Waals surface area contributed by atoms with Crippen molar-refractivity contribution in [1.29, 1.82) is 0 Å². The SMILES string of the molecule is CC(c1ccccn1)N(Cc1ccccc1)C(=O)CCc1ccc2c(c1)OCCCO2. The van der Waals surface area contributed by atoms with E-state index in [4.69, 9.17) is 9.47 Å². The molecule has 2 aromatic carbocycles. The van der Waals surface area contributed by atoms with Crippen LogP contribution in [0.2, 0.25) is 0 Å². The smallest absolute Gasteiger partial charge is 0.223 e. The van der Waals surface area contributed by atoms with Crippen LogP contribution in [-0.4, -0.2) is 29.0 Å². The van der Waals surface area contributed by atoms with Crippen molar-refractivity contribution in [2.24, 2.45) is 0 Å². The maximum Gasteiger partial charge on any atom is 0.223 e. The molecule has 31 heavy (non-hydrogen) atoms. The topological polar surface area (TPSA) is 51.7 Å². The van der Waals surface area contributed by atoms with Crippen LogP contribution in [0, 0.1) is 0 Å². The maximum absolute atomic E-state index is 13.3. The minimum Gasteiger partial charge on any atom is -0.490 e. The van der Waals surface area contributed by atoms with Gasteiger partial charge in [0.2, 0.25) is 5.91 Å². The van der Waals surface area contributed by atoms with Gasteiger partial charge < -0.3 is 14.4 Å². The second-order valence-corrected chi connectivity index (χ2v) is 7.77. The Bertz CT molecular complexity index is 992. The number of carbonyl (C=O) groups is 1. The Morgan fingerprint density at radius 2 is 1.74 bits per heavy atom. The highest BCUT2D eigenvalue weighted by molar-refractivity contribution is 5.77. The average molecular weight is 417 g/mol. The van der Waals surface area contributed by atoms with Crippen LogP contribution in [0.5, 0.6) is 11.5 Å². The lowest BCUT2D eigenvalue weighted by molar-refractivity contribution is -0.134. The molecule has 1 aliphatic heterocycles. The summed E-state index contributed by atoms with van der Waals surface area (Å²) >= 11 is 0. The average Bonchev–Trinajstić information content (AvgIpc) is 3.07. The number of pyridine rings is 1. The first-order chi connectivity index (χ1) is 15.2. The largest absolute Gasteiger partial charge is 0.490 e. The number of ether oxygens (including phenoxy) is 2. The predicted octanol–water partition coefficient (Wildman–Crippen LogP) is 4.97. The molecule has 5 nitrogen and oxygen atoms in total. The van der Waals surface area contributed by atoms with Gasteiger partial charge in [-0.2, -0.15) is 0 Å². The van der Waals surface area contributed by atoms with Crippen LogP contribution in [0.25, 0.3) is 0 Å². The fourth-order valence-corrected chi connectivity index (χ4v) is 3.76. The van der Waals surface area contributed by atoms with Gasteiger partial charge in [0, 0.05) is 25.6 Å². The number of aromatic nitrogens is 1. The fourth-order valence-electron chi connectivity index (χ4n) is 3.76. The van der Waals surface area contributed by atoms with Crippen LogP contribution < -0.4 is 9.47 Å². The van der Waals surface area contributed by atoms with Crippen molar-refractivity contribution in [3.8, 4) is 11.5 Å². The molecule has 4 rings (SSSR count). The summed E-state index contributed by atoms with van der Waals surface area (Å²) in [6.45, 7) is 3.92. The molecule has 1 aromatic heterocycles. The maximum atomic E-state index is 13.3. The van der Waals surface area contributed by atoms with Gasteiger partial charge in [0.05, 0.1) is 24.9 Å². The minimum absolute atomic E-state index is 0.106. The Kier molecular flexibility index (Phi) is 6.82. The van der Waals surface area contributed by atoms with Gasteiger partial charge in [-0.1, -0.05) is 42.5 Å². The zero-order valence-electron chi connectivity index (χ0n) is 17.9. The third-order valence-corrected chi connectivity index (χ3v) is 5.54. The highest BCUT2D eigenvalue weighted by Crippen LogP contribution is 2.31. The summed E-state index contributed by atoms with van der Waals surface area (Å²) in [5, 5.41) is 0. The summed E-state index contributed by atoms with van der Waals surface area (Å²) < 4.78 is 11.5. The molecule has 0 fully saturated rings. The summed E-state index contributed by atoms with van der Waals surface area (Å²) in [6, 6.07) is 21.8. The van der Waals surface area contributed by atoms with E-state index < -0.39 is 0 Å². The third kappa shape index (κ3) is 5.43. The summed E-state index contributed by atoms with van der Waals surface area (Å²) in [5.41, 5.74) is 3.07. The monoisotopic (exact) mass is 416 g/mol. The Balaban J connectivity index is 1.48. The highest BCUT2D eigenvalue weighted by atomic mass is 16.5. The van der Waals surface area contributed by atoms with Crippen LogP contribution in [0.4, 0.5) is 0 Å². The van der Waals surface area contributed by atoms with Crippen LogP contribution in [-0.2, 0) is 17.8 Å². The summed E-state index contributed by atoms with van der Waals surface area (Å²) in [5.74, 6) is 1.65. The molecular weight excluding hydrogens is 388 g/mol. The van der Waals surface area contributed by atoms with Crippen LogP contribution in [0.15, 0.2) is 72.9 Å². The Hall–Kier alpha value is -3.34. The van der Waals surface area contributed by atoms with E-state index in [0.29, 0.717) is 32.6 Å². The van der Waals surface area contributed by atoms with E-state index in [1.807, 2.05) is 66.4 Å². The molecule has 5 heteroatoms. The van der Waals surface area contributed by atoms with E-state index in [0.717, 1.165) is 34.7 Å². The highest BCUT2D eigenvalue weighted by Gasteiger charge is 2.22. The zero-order valence-corrected chi connectivity index (χ0v) is 17.9. The van der Waals surface area contributed by atoms with Gasteiger partial charge >= 0.3 is 0 Å². The number of hydrogen-bond acceptors (Lipinski definition) is 4. The van der Waals surface area contributed by atoms with Crippen molar-refractivity contribution >= 4 is 5.91 Å². The molecule has 0 radical (unpaired) electrons. The van der Waals surface area contributed by atoms with E-state index in [9.17, 15) is 4.79 Å². The van der Waals surface area contributed by atoms with Gasteiger partial charge in [-0.05, 0) is 48.7 Å². The third-order valence-electron chi connectivity index (χ3n) is 5.54. The molecule has 2 heterocycles. The minimum atomic E-state index is -0.113. The normalized spacial score (nSPS) is 13.8. The fraction of sp³-hybridized carbons (Fsp3) is 0.308. The number of aryl methyl sites for hydroxylation is 1. The second kappa shape index (κ2) is 10.1. The number of benzene rings is 2. The first-order valence-electron chi connectivity index (χ1n) is 10.8. The molecule has 0 aliphatic carbocycles. The molecule has 1 atom stereocenters. The molecule has 1 amide bonds. The molecular formula is C26H28N2O3. The first kappa shape index (κ1) is 20.9. The molecule has 0 spiro atoms. The molecule has 0 bridgehead atoms. The van der Waals surface area contributed by atoms with Gasteiger partial charge in [0.25, 0.3) is 0 Å². The van der Waals surface area contributed by atoms with E-state index in [-0.39, 0.29) is 11.9 Å². The number of rotatable bonds is 7. The Morgan fingerprint density at radius 3 is 2.52 bits per heavy atom. The van der Waals surface area contributed by atoms with Crippen molar-refractivity contribution < 1.29 is 14.3 Å². The van der Waals surface area contributed by atoms with E-state index >= 15 is 0 Å². The number of nitrogens with zero attached hydrogens (tertiary/aromatic N) is 2. The number of amides is 1. The van der Waals surface area contributed by atoms with Gasteiger partial charge in [-0.3, -0.25) is 9.78 Å². The summed E-state index contributed by atoms with van der Waals surface area (Å²) in [7, 11) is 0.